The molecule has 0 aliphatic heterocycles. The molecule has 8 heteroatoms. The van der Waals surface area contributed by atoms with Crippen molar-refractivity contribution in [1.29, 1.82) is 0 Å². The summed E-state index contributed by atoms with van der Waals surface area (Å²) in [5.41, 5.74) is 0.110. The highest BCUT2D eigenvalue weighted by atomic mass is 16.6. The lowest BCUT2D eigenvalue weighted by atomic mass is 10.3. The van der Waals surface area contributed by atoms with E-state index in [-0.39, 0.29) is 23.7 Å². The second-order valence-electron chi connectivity index (χ2n) is 3.51. The van der Waals surface area contributed by atoms with Gasteiger partial charge in [-0.15, -0.1) is 5.10 Å². The second-order valence-corrected chi connectivity index (χ2v) is 3.51. The van der Waals surface area contributed by atoms with Gasteiger partial charge in [0.05, 0.1) is 17.7 Å². The number of ether oxygens (including phenoxy) is 1. The maximum Gasteiger partial charge on any atom is 0.360 e. The molecule has 0 unspecified atom stereocenters. The van der Waals surface area contributed by atoms with Gasteiger partial charge in [0.1, 0.15) is 5.69 Å². The minimum Gasteiger partial charge on any atom is -0.461 e. The summed E-state index contributed by atoms with van der Waals surface area (Å²) >= 11 is 0. The molecule has 0 saturated carbocycles. The van der Waals surface area contributed by atoms with E-state index in [4.69, 9.17) is 4.74 Å². The normalized spacial score (nSPS) is 10.2. The first-order valence-corrected chi connectivity index (χ1v) is 5.46. The van der Waals surface area contributed by atoms with E-state index in [0.717, 1.165) is 0 Å². The lowest BCUT2D eigenvalue weighted by Crippen LogP contribution is -2.04. The molecule has 1 aromatic carbocycles. The molecule has 0 amide bonds. The van der Waals surface area contributed by atoms with Gasteiger partial charge in [-0.2, -0.15) is 0 Å². The quantitative estimate of drug-likeness (QED) is 0.468. The van der Waals surface area contributed by atoms with Crippen molar-refractivity contribution in [3.05, 3.63) is 46.3 Å². The molecule has 8 nitrogen and oxygen atoms in total. The van der Waals surface area contributed by atoms with Crippen LogP contribution in [0.3, 0.4) is 0 Å². The maximum atomic E-state index is 11.4. The molecule has 19 heavy (non-hydrogen) atoms. The average Bonchev–Trinajstić information content (AvgIpc) is 2.88. The van der Waals surface area contributed by atoms with E-state index >= 15 is 0 Å². The summed E-state index contributed by atoms with van der Waals surface area (Å²) in [4.78, 5) is 21.8. The first kappa shape index (κ1) is 12.7. The van der Waals surface area contributed by atoms with Crippen LogP contribution in [-0.2, 0) is 4.74 Å². The van der Waals surface area contributed by atoms with Gasteiger partial charge in [-0.25, -0.2) is 9.48 Å². The molecule has 0 aliphatic carbocycles. The summed E-state index contributed by atoms with van der Waals surface area (Å²) < 4.78 is 5.94. The number of hydrogen-bond acceptors (Lipinski definition) is 6. The highest BCUT2D eigenvalue weighted by Crippen LogP contribution is 2.21. The molecule has 98 valence electrons. The lowest BCUT2D eigenvalue weighted by Gasteiger charge is -2.00. The first-order valence-electron chi connectivity index (χ1n) is 5.46. The molecule has 1 heterocycles. The van der Waals surface area contributed by atoms with Crippen molar-refractivity contribution in [2.24, 2.45) is 0 Å². The number of nitrogens with zero attached hydrogens (tertiary/aromatic N) is 4. The van der Waals surface area contributed by atoms with E-state index < -0.39 is 10.9 Å². The fourth-order valence-electron chi connectivity index (χ4n) is 1.49. The number of carbonyl (C=O) groups is 1. The van der Waals surface area contributed by atoms with E-state index in [2.05, 4.69) is 10.3 Å². The lowest BCUT2D eigenvalue weighted by molar-refractivity contribution is -0.384. The van der Waals surface area contributed by atoms with Crippen molar-refractivity contribution in [3.8, 4) is 5.69 Å². The molecule has 0 bridgehead atoms. The highest BCUT2D eigenvalue weighted by molar-refractivity contribution is 5.86. The maximum absolute atomic E-state index is 11.4. The van der Waals surface area contributed by atoms with Crippen LogP contribution in [0.2, 0.25) is 0 Å². The van der Waals surface area contributed by atoms with Gasteiger partial charge in [0, 0.05) is 6.07 Å². The zero-order valence-corrected chi connectivity index (χ0v) is 10.0. The third-order valence-corrected chi connectivity index (χ3v) is 2.30. The Morgan fingerprint density at radius 3 is 2.89 bits per heavy atom. The molecule has 0 N–H and O–H groups in total. The Kier molecular flexibility index (Phi) is 3.51. The molecule has 0 radical (unpaired) electrons. The third kappa shape index (κ3) is 2.57. The fourth-order valence-corrected chi connectivity index (χ4v) is 1.49. The minimum absolute atomic E-state index is 0.000000945. The van der Waals surface area contributed by atoms with Crippen molar-refractivity contribution in [2.75, 3.05) is 6.61 Å². The standard InChI is InChI=1S/C11H10N4O4/c1-2-19-11(16)8-7-14(13-12-8)9-5-3-4-6-10(9)15(17)18/h3-7H,2H2,1H3. The van der Waals surface area contributed by atoms with E-state index in [1.54, 1.807) is 19.1 Å². The van der Waals surface area contributed by atoms with Crippen molar-refractivity contribution in [2.45, 2.75) is 6.92 Å². The van der Waals surface area contributed by atoms with Crippen LogP contribution in [0.15, 0.2) is 30.5 Å². The molecule has 0 fully saturated rings. The fraction of sp³-hybridized carbons (Fsp3) is 0.182. The van der Waals surface area contributed by atoms with Crippen molar-refractivity contribution >= 4 is 11.7 Å². The Hall–Kier alpha value is -2.77. The Morgan fingerprint density at radius 1 is 1.47 bits per heavy atom. The van der Waals surface area contributed by atoms with E-state index in [1.165, 1.54) is 23.0 Å². The monoisotopic (exact) mass is 262 g/mol. The summed E-state index contributed by atoms with van der Waals surface area (Å²) in [6.45, 7) is 1.89. The van der Waals surface area contributed by atoms with Gasteiger partial charge >= 0.3 is 5.97 Å². The van der Waals surface area contributed by atoms with E-state index in [9.17, 15) is 14.9 Å². The largest absolute Gasteiger partial charge is 0.461 e. The van der Waals surface area contributed by atoms with Crippen LogP contribution in [-0.4, -0.2) is 32.5 Å². The van der Waals surface area contributed by atoms with Gasteiger partial charge < -0.3 is 4.74 Å². The number of nitro benzene ring substituents is 1. The number of carbonyl (C=O) groups excluding carboxylic acids is 1. The molecule has 0 atom stereocenters. The van der Waals surface area contributed by atoms with Crippen LogP contribution in [0.25, 0.3) is 5.69 Å². The third-order valence-electron chi connectivity index (χ3n) is 2.30. The Morgan fingerprint density at radius 2 is 2.21 bits per heavy atom. The van der Waals surface area contributed by atoms with Crippen LogP contribution < -0.4 is 0 Å². The Bertz CT molecular complexity index is 623. The summed E-state index contributed by atoms with van der Waals surface area (Å²) in [6.07, 6.45) is 1.29. The van der Waals surface area contributed by atoms with Crippen LogP contribution >= 0.6 is 0 Å². The highest BCUT2D eigenvalue weighted by Gasteiger charge is 2.18. The van der Waals surface area contributed by atoms with Crippen LogP contribution in [0.4, 0.5) is 5.69 Å². The molecule has 2 rings (SSSR count). The summed E-state index contributed by atoms with van der Waals surface area (Å²) in [5, 5.41) is 18.2. The van der Waals surface area contributed by atoms with Gasteiger partial charge in [-0.3, -0.25) is 10.1 Å². The Labute approximate surface area is 107 Å². The molecule has 1 aromatic heterocycles. The first-order chi connectivity index (χ1) is 9.13. The van der Waals surface area contributed by atoms with Crippen LogP contribution in [0.5, 0.6) is 0 Å². The summed E-state index contributed by atoms with van der Waals surface area (Å²) in [6, 6.07) is 6.04. The van der Waals surface area contributed by atoms with E-state index in [0.29, 0.717) is 0 Å². The zero-order valence-electron chi connectivity index (χ0n) is 10.0. The summed E-state index contributed by atoms with van der Waals surface area (Å²) in [7, 11) is 0. The zero-order chi connectivity index (χ0) is 13.8. The SMILES string of the molecule is CCOC(=O)c1cn(-c2ccccc2[N+](=O)[O-])nn1. The van der Waals surface area contributed by atoms with Crippen molar-refractivity contribution in [3.63, 3.8) is 0 Å². The number of rotatable bonds is 4. The van der Waals surface area contributed by atoms with Gasteiger partial charge in [-0.05, 0) is 13.0 Å². The molecule has 0 saturated heterocycles. The topological polar surface area (TPSA) is 100 Å². The Balaban J connectivity index is 2.38. The van der Waals surface area contributed by atoms with Gasteiger partial charge in [-0.1, -0.05) is 17.3 Å². The number of benzene rings is 1. The minimum atomic E-state index is -0.618. The molecule has 0 aliphatic rings. The number of nitro groups is 1. The average molecular weight is 262 g/mol. The molecular formula is C11H10N4O4. The van der Waals surface area contributed by atoms with Crippen LogP contribution in [0.1, 0.15) is 17.4 Å². The molecule has 2 aromatic rings. The van der Waals surface area contributed by atoms with Crippen molar-refractivity contribution in [1.82, 2.24) is 15.0 Å². The molecule has 0 spiro atoms. The van der Waals surface area contributed by atoms with Crippen molar-refractivity contribution < 1.29 is 14.5 Å². The summed E-state index contributed by atoms with van der Waals surface area (Å²) in [5.74, 6) is -0.618. The number of aromatic nitrogens is 3. The second kappa shape index (κ2) is 5.25. The van der Waals surface area contributed by atoms with Gasteiger partial charge in [0.15, 0.2) is 5.69 Å². The smallest absolute Gasteiger partial charge is 0.360 e. The van der Waals surface area contributed by atoms with Gasteiger partial charge in [0.2, 0.25) is 0 Å². The predicted molar refractivity (Wildman–Crippen MR) is 64.0 cm³/mol. The number of para-hydroxylation sites is 2. The predicted octanol–water partition coefficient (Wildman–Crippen LogP) is 1.35. The number of esters is 1. The number of hydrogen-bond donors (Lipinski definition) is 0. The molecular weight excluding hydrogens is 252 g/mol. The van der Waals surface area contributed by atoms with Gasteiger partial charge in [0.25, 0.3) is 5.69 Å². The van der Waals surface area contributed by atoms with E-state index in [1.807, 2.05) is 0 Å². The van der Waals surface area contributed by atoms with Crippen LogP contribution in [0, 0.1) is 10.1 Å².